The van der Waals surface area contributed by atoms with Gasteiger partial charge in [0.05, 0.1) is 22.0 Å². The van der Waals surface area contributed by atoms with Crippen LogP contribution in [0.3, 0.4) is 0 Å². The van der Waals surface area contributed by atoms with Crippen LogP contribution >= 0.6 is 23.2 Å². The molecule has 202 valence electrons. The third-order valence-corrected chi connectivity index (χ3v) is 6.64. The summed E-state index contributed by atoms with van der Waals surface area (Å²) in [5.74, 6) is -1.55. The van der Waals surface area contributed by atoms with Crippen molar-refractivity contribution in [2.24, 2.45) is 0 Å². The van der Waals surface area contributed by atoms with Crippen LogP contribution in [0.1, 0.15) is 63.6 Å². The van der Waals surface area contributed by atoms with Crippen LogP contribution in [0.4, 0.5) is 14.5 Å². The number of alkyl halides is 2. The van der Waals surface area contributed by atoms with Gasteiger partial charge in [-0.25, -0.2) is 18.4 Å². The van der Waals surface area contributed by atoms with Crippen molar-refractivity contribution in [3.8, 4) is 5.82 Å². The number of amides is 2. The van der Waals surface area contributed by atoms with Gasteiger partial charge < -0.3 is 10.6 Å². The first-order chi connectivity index (χ1) is 18.7. The predicted octanol–water partition coefficient (Wildman–Crippen LogP) is 4.39. The number of carbonyl (C=O) groups excluding carboxylic acids is 2. The summed E-state index contributed by atoms with van der Waals surface area (Å²) in [5, 5.41) is 21.3. The van der Waals surface area contributed by atoms with Gasteiger partial charge in [-0.3, -0.25) is 9.59 Å². The molecule has 1 aromatic carbocycles. The van der Waals surface area contributed by atoms with E-state index in [0.717, 1.165) is 24.1 Å². The molecule has 2 amide bonds. The summed E-state index contributed by atoms with van der Waals surface area (Å²) >= 11 is 12.6. The number of aromatic nitrogens is 7. The second-order valence-corrected chi connectivity index (χ2v) is 9.76. The number of hydrogen-bond acceptors (Lipinski definition) is 7. The van der Waals surface area contributed by atoms with Crippen molar-refractivity contribution in [2.45, 2.75) is 45.2 Å². The molecule has 0 spiro atoms. The van der Waals surface area contributed by atoms with Crippen LogP contribution < -0.4 is 10.6 Å². The fourth-order valence-corrected chi connectivity index (χ4v) is 4.47. The van der Waals surface area contributed by atoms with Crippen LogP contribution in [-0.2, 0) is 6.54 Å². The zero-order valence-electron chi connectivity index (χ0n) is 20.4. The molecule has 11 nitrogen and oxygen atoms in total. The molecular formula is C24H21Cl2F2N9O2. The van der Waals surface area contributed by atoms with E-state index in [1.807, 2.05) is 0 Å². The predicted molar refractivity (Wildman–Crippen MR) is 137 cm³/mol. The van der Waals surface area contributed by atoms with Gasteiger partial charge in [-0.15, -0.1) is 10.2 Å². The molecular weight excluding hydrogens is 555 g/mol. The van der Waals surface area contributed by atoms with Crippen LogP contribution in [0.15, 0.2) is 36.5 Å². The van der Waals surface area contributed by atoms with E-state index < -0.39 is 18.2 Å². The Kier molecular flexibility index (Phi) is 7.53. The van der Waals surface area contributed by atoms with Crippen LogP contribution in [0.25, 0.3) is 5.82 Å². The SMILES string of the molecule is Cc1cc(Cl)cc(C(=O)NC2CCC2)c1NC(=O)c1cc(Cn2nnc(C(F)F)n2)nn1-c1ncccc1Cl. The third-order valence-electron chi connectivity index (χ3n) is 6.12. The number of nitrogens with one attached hydrogen (secondary N) is 2. The largest absolute Gasteiger partial charge is 0.349 e. The van der Waals surface area contributed by atoms with Crippen LogP contribution in [0.2, 0.25) is 10.0 Å². The summed E-state index contributed by atoms with van der Waals surface area (Å²) in [6.45, 7) is 1.56. The van der Waals surface area contributed by atoms with Crippen molar-refractivity contribution in [3.05, 3.63) is 74.9 Å². The molecule has 0 atom stereocenters. The van der Waals surface area contributed by atoms with Gasteiger partial charge in [0.1, 0.15) is 12.2 Å². The smallest absolute Gasteiger partial charge is 0.301 e. The van der Waals surface area contributed by atoms with Crippen molar-refractivity contribution in [3.63, 3.8) is 0 Å². The number of nitrogens with zero attached hydrogens (tertiary/aromatic N) is 7. The Morgan fingerprint density at radius 1 is 1.15 bits per heavy atom. The number of carbonyl (C=O) groups is 2. The minimum Gasteiger partial charge on any atom is -0.349 e. The molecule has 1 aliphatic rings. The van der Waals surface area contributed by atoms with Crippen LogP contribution in [-0.4, -0.2) is 52.8 Å². The molecule has 3 aromatic heterocycles. The number of tetrazole rings is 1. The molecule has 0 bridgehead atoms. The zero-order chi connectivity index (χ0) is 27.7. The van der Waals surface area contributed by atoms with Crippen molar-refractivity contribution in [1.29, 1.82) is 0 Å². The molecule has 0 aliphatic heterocycles. The number of hydrogen-bond donors (Lipinski definition) is 2. The maximum Gasteiger partial charge on any atom is 0.301 e. The van der Waals surface area contributed by atoms with Gasteiger partial charge in [0, 0.05) is 17.3 Å². The lowest BCUT2D eigenvalue weighted by atomic mass is 9.92. The molecule has 0 unspecified atom stereocenters. The van der Waals surface area contributed by atoms with Gasteiger partial charge in [0.2, 0.25) is 5.82 Å². The number of pyridine rings is 1. The number of benzene rings is 1. The average Bonchev–Trinajstić information content (AvgIpc) is 3.51. The number of halogens is 4. The molecule has 4 aromatic rings. The first kappa shape index (κ1) is 26.6. The number of aryl methyl sites for hydroxylation is 1. The summed E-state index contributed by atoms with van der Waals surface area (Å²) in [6, 6.07) is 7.82. The van der Waals surface area contributed by atoms with E-state index in [4.69, 9.17) is 23.2 Å². The molecule has 15 heteroatoms. The van der Waals surface area contributed by atoms with E-state index in [9.17, 15) is 18.4 Å². The molecule has 3 heterocycles. The van der Waals surface area contributed by atoms with Crippen LogP contribution in [0, 0.1) is 6.92 Å². The monoisotopic (exact) mass is 575 g/mol. The van der Waals surface area contributed by atoms with Gasteiger partial charge >= 0.3 is 6.43 Å². The Morgan fingerprint density at radius 2 is 1.95 bits per heavy atom. The Morgan fingerprint density at radius 3 is 2.62 bits per heavy atom. The van der Waals surface area contributed by atoms with Gasteiger partial charge in [-0.05, 0) is 67.3 Å². The summed E-state index contributed by atoms with van der Waals surface area (Å²) < 4.78 is 27.0. The van der Waals surface area contributed by atoms with Gasteiger partial charge in [-0.1, -0.05) is 23.2 Å². The maximum absolute atomic E-state index is 13.6. The lowest BCUT2D eigenvalue weighted by Crippen LogP contribution is -2.39. The molecule has 1 aliphatic carbocycles. The number of rotatable bonds is 8. The Labute approximate surface area is 230 Å². The first-order valence-electron chi connectivity index (χ1n) is 11.9. The molecule has 39 heavy (non-hydrogen) atoms. The topological polar surface area (TPSA) is 133 Å². The summed E-state index contributed by atoms with van der Waals surface area (Å²) in [4.78, 5) is 31.8. The Bertz CT molecular complexity index is 1550. The quantitative estimate of drug-likeness (QED) is 0.318. The fraction of sp³-hybridized carbons (Fsp3) is 0.292. The van der Waals surface area contributed by atoms with Crippen LogP contribution in [0.5, 0.6) is 0 Å². The first-order valence-corrected chi connectivity index (χ1v) is 12.6. The van der Waals surface area contributed by atoms with E-state index >= 15 is 0 Å². The fourth-order valence-electron chi connectivity index (χ4n) is 4.00. The second-order valence-electron chi connectivity index (χ2n) is 8.92. The van der Waals surface area contributed by atoms with E-state index in [0.29, 0.717) is 10.6 Å². The molecule has 1 saturated carbocycles. The van der Waals surface area contributed by atoms with Crippen molar-refractivity contribution < 1.29 is 18.4 Å². The van der Waals surface area contributed by atoms with Gasteiger partial charge in [-0.2, -0.15) is 9.90 Å². The highest BCUT2D eigenvalue weighted by Crippen LogP contribution is 2.28. The Hall–Kier alpha value is -3.97. The highest BCUT2D eigenvalue weighted by molar-refractivity contribution is 6.32. The third kappa shape index (κ3) is 5.73. The summed E-state index contributed by atoms with van der Waals surface area (Å²) in [7, 11) is 0. The molecule has 0 saturated heterocycles. The highest BCUT2D eigenvalue weighted by atomic mass is 35.5. The average molecular weight is 576 g/mol. The van der Waals surface area contributed by atoms with E-state index in [2.05, 4.69) is 36.1 Å². The van der Waals surface area contributed by atoms with Crippen molar-refractivity contribution in [1.82, 2.24) is 40.3 Å². The van der Waals surface area contributed by atoms with Gasteiger partial charge in [0.15, 0.2) is 5.82 Å². The normalized spacial score (nSPS) is 13.4. The molecule has 0 radical (unpaired) electrons. The Balaban J connectivity index is 1.50. The number of anilines is 1. The highest BCUT2D eigenvalue weighted by Gasteiger charge is 2.26. The molecule has 2 N–H and O–H groups in total. The summed E-state index contributed by atoms with van der Waals surface area (Å²) in [6.07, 6.45) is 1.41. The lowest BCUT2D eigenvalue weighted by Gasteiger charge is -2.27. The van der Waals surface area contributed by atoms with Gasteiger partial charge in [0.25, 0.3) is 11.8 Å². The molecule has 1 fully saturated rings. The minimum absolute atomic E-state index is 0.0134. The standard InChI is InChI=1S/C24H21Cl2F2N9O2/c1-12-8-13(25)9-16(23(38)30-14-4-2-5-14)19(12)31-24(39)18-10-15(11-36-34-21(20(27)28)32-35-36)33-37(18)22-17(26)6-3-7-29-22/h3,6-10,14,20H,2,4-5,11H2,1H3,(H,30,38)(H,31,39). The molecule has 5 rings (SSSR count). The second kappa shape index (κ2) is 11.0. The van der Waals surface area contributed by atoms with E-state index in [-0.39, 0.29) is 52.0 Å². The van der Waals surface area contributed by atoms with Crippen molar-refractivity contribution in [2.75, 3.05) is 5.32 Å². The maximum atomic E-state index is 13.6. The summed E-state index contributed by atoms with van der Waals surface area (Å²) in [5.41, 5.74) is 1.33. The van der Waals surface area contributed by atoms with Crippen molar-refractivity contribution >= 4 is 40.7 Å². The van der Waals surface area contributed by atoms with E-state index in [1.165, 1.54) is 23.0 Å². The zero-order valence-corrected chi connectivity index (χ0v) is 21.9. The lowest BCUT2D eigenvalue weighted by molar-refractivity contribution is 0.0917. The minimum atomic E-state index is -2.89. The van der Waals surface area contributed by atoms with E-state index in [1.54, 1.807) is 25.1 Å².